The molecular weight excluding hydrogens is 215 g/mol. The molecule has 0 fully saturated rings. The summed E-state index contributed by atoms with van der Waals surface area (Å²) in [6.45, 7) is 0. The van der Waals surface area contributed by atoms with Crippen LogP contribution in [-0.4, -0.2) is 5.11 Å². The topological polar surface area (TPSA) is 20.2 Å². The molecule has 15 heavy (non-hydrogen) atoms. The molecule has 1 nitrogen and oxygen atoms in total. The summed E-state index contributed by atoms with van der Waals surface area (Å²) in [6.07, 6.45) is 0. The summed E-state index contributed by atoms with van der Waals surface area (Å²) in [5.41, 5.74) is 1.01. The van der Waals surface area contributed by atoms with Gasteiger partial charge in [0.2, 0.25) is 0 Å². The van der Waals surface area contributed by atoms with Crippen LogP contribution in [0.1, 0.15) is 0 Å². The highest BCUT2D eigenvalue weighted by atomic mass is 35.5. The molecule has 0 aliphatic carbocycles. The van der Waals surface area contributed by atoms with Crippen molar-refractivity contribution in [2.24, 2.45) is 0 Å². The van der Waals surface area contributed by atoms with E-state index in [1.165, 1.54) is 12.1 Å². The standard InChI is InChI=1S/C12H8ClFO/c13-11-4-2-1-3-9(11)10-6-5-8(15)7-12(10)14/h1-7,15H. The Morgan fingerprint density at radius 3 is 2.40 bits per heavy atom. The van der Waals surface area contributed by atoms with Crippen LogP contribution < -0.4 is 0 Å². The number of hydrogen-bond donors (Lipinski definition) is 1. The molecule has 0 saturated heterocycles. The maximum Gasteiger partial charge on any atom is 0.134 e. The molecule has 0 aliphatic rings. The summed E-state index contributed by atoms with van der Waals surface area (Å²) >= 11 is 5.94. The van der Waals surface area contributed by atoms with Crippen molar-refractivity contribution in [3.8, 4) is 16.9 Å². The first kappa shape index (κ1) is 9.99. The minimum atomic E-state index is -0.483. The highest BCUT2D eigenvalue weighted by Gasteiger charge is 2.08. The predicted molar refractivity (Wildman–Crippen MR) is 58.5 cm³/mol. The van der Waals surface area contributed by atoms with Crippen LogP contribution in [0.5, 0.6) is 5.75 Å². The quantitative estimate of drug-likeness (QED) is 0.777. The van der Waals surface area contributed by atoms with Crippen molar-refractivity contribution < 1.29 is 9.50 Å². The van der Waals surface area contributed by atoms with Gasteiger partial charge in [-0.3, -0.25) is 0 Å². The molecule has 0 atom stereocenters. The van der Waals surface area contributed by atoms with Crippen molar-refractivity contribution in [1.82, 2.24) is 0 Å². The van der Waals surface area contributed by atoms with Crippen LogP contribution in [0.3, 0.4) is 0 Å². The van der Waals surface area contributed by atoms with Gasteiger partial charge in [0, 0.05) is 22.2 Å². The first-order valence-electron chi connectivity index (χ1n) is 4.42. The van der Waals surface area contributed by atoms with Crippen molar-refractivity contribution in [3.63, 3.8) is 0 Å². The summed E-state index contributed by atoms with van der Waals surface area (Å²) in [7, 11) is 0. The molecule has 0 amide bonds. The van der Waals surface area contributed by atoms with Crippen molar-refractivity contribution >= 4 is 11.6 Å². The average molecular weight is 223 g/mol. The molecule has 0 saturated carbocycles. The van der Waals surface area contributed by atoms with Crippen molar-refractivity contribution in [2.45, 2.75) is 0 Å². The molecule has 0 bridgehead atoms. The second kappa shape index (κ2) is 3.91. The van der Waals surface area contributed by atoms with E-state index in [0.29, 0.717) is 16.1 Å². The minimum absolute atomic E-state index is 0.0942. The molecule has 76 valence electrons. The van der Waals surface area contributed by atoms with Crippen LogP contribution in [-0.2, 0) is 0 Å². The average Bonchev–Trinajstić information content (AvgIpc) is 2.20. The number of phenols is 1. The molecule has 0 aromatic heterocycles. The third-order valence-corrected chi connectivity index (χ3v) is 2.45. The van der Waals surface area contributed by atoms with Gasteiger partial charge in [0.25, 0.3) is 0 Å². The first-order valence-corrected chi connectivity index (χ1v) is 4.79. The Morgan fingerprint density at radius 2 is 1.73 bits per heavy atom. The van der Waals surface area contributed by atoms with Gasteiger partial charge in [0.05, 0.1) is 0 Å². The van der Waals surface area contributed by atoms with Crippen molar-refractivity contribution in [1.29, 1.82) is 0 Å². The van der Waals surface area contributed by atoms with Gasteiger partial charge in [-0.25, -0.2) is 4.39 Å². The lowest BCUT2D eigenvalue weighted by atomic mass is 10.1. The molecule has 2 aromatic carbocycles. The van der Waals surface area contributed by atoms with E-state index < -0.39 is 5.82 Å². The zero-order valence-electron chi connectivity index (χ0n) is 7.74. The van der Waals surface area contributed by atoms with Gasteiger partial charge >= 0.3 is 0 Å². The molecule has 0 aliphatic heterocycles. The van der Waals surface area contributed by atoms with Crippen LogP contribution in [0, 0.1) is 5.82 Å². The number of halogens is 2. The van der Waals surface area contributed by atoms with Gasteiger partial charge in [0.1, 0.15) is 11.6 Å². The normalized spacial score (nSPS) is 10.3. The molecule has 0 spiro atoms. The zero-order valence-corrected chi connectivity index (χ0v) is 8.50. The maximum atomic E-state index is 13.5. The highest BCUT2D eigenvalue weighted by Crippen LogP contribution is 2.30. The Balaban J connectivity index is 2.60. The smallest absolute Gasteiger partial charge is 0.134 e. The summed E-state index contributed by atoms with van der Waals surface area (Å²) < 4.78 is 13.5. The second-order valence-electron chi connectivity index (χ2n) is 3.14. The van der Waals surface area contributed by atoms with Gasteiger partial charge < -0.3 is 5.11 Å². The Morgan fingerprint density at radius 1 is 1.00 bits per heavy atom. The second-order valence-corrected chi connectivity index (χ2v) is 3.55. The van der Waals surface area contributed by atoms with Gasteiger partial charge in [-0.2, -0.15) is 0 Å². The van der Waals surface area contributed by atoms with E-state index in [0.717, 1.165) is 6.07 Å². The first-order chi connectivity index (χ1) is 7.18. The lowest BCUT2D eigenvalue weighted by Crippen LogP contribution is -1.84. The third-order valence-electron chi connectivity index (χ3n) is 2.12. The Bertz CT molecular complexity index is 497. The molecule has 2 aromatic rings. The van der Waals surface area contributed by atoms with E-state index >= 15 is 0 Å². The summed E-state index contributed by atoms with van der Waals surface area (Å²) in [5, 5.41) is 9.57. The van der Waals surface area contributed by atoms with E-state index in [1.807, 2.05) is 0 Å². The molecule has 0 radical (unpaired) electrons. The van der Waals surface area contributed by atoms with Crippen LogP contribution in [0.2, 0.25) is 5.02 Å². The van der Waals surface area contributed by atoms with Crippen molar-refractivity contribution in [3.05, 3.63) is 53.3 Å². The highest BCUT2D eigenvalue weighted by molar-refractivity contribution is 6.33. The minimum Gasteiger partial charge on any atom is -0.508 e. The predicted octanol–water partition coefficient (Wildman–Crippen LogP) is 3.85. The molecule has 0 unspecified atom stereocenters. The molecule has 3 heteroatoms. The Kier molecular flexibility index (Phi) is 2.60. The Hall–Kier alpha value is -1.54. The van der Waals surface area contributed by atoms with E-state index in [9.17, 15) is 4.39 Å². The van der Waals surface area contributed by atoms with E-state index in [1.54, 1.807) is 24.3 Å². The monoisotopic (exact) mass is 222 g/mol. The fourth-order valence-corrected chi connectivity index (χ4v) is 1.64. The van der Waals surface area contributed by atoms with Gasteiger partial charge in [-0.05, 0) is 18.2 Å². The van der Waals surface area contributed by atoms with Crippen molar-refractivity contribution in [2.75, 3.05) is 0 Å². The molecular formula is C12H8ClFO. The molecule has 0 heterocycles. The SMILES string of the molecule is Oc1ccc(-c2ccccc2Cl)c(F)c1. The number of rotatable bonds is 1. The maximum absolute atomic E-state index is 13.5. The number of benzene rings is 2. The molecule has 1 N–H and O–H groups in total. The fourth-order valence-electron chi connectivity index (χ4n) is 1.40. The van der Waals surface area contributed by atoms with Crippen LogP contribution in [0.15, 0.2) is 42.5 Å². The Labute approximate surface area is 91.8 Å². The fraction of sp³-hybridized carbons (Fsp3) is 0. The number of phenolic OH excluding ortho intramolecular Hbond substituents is 1. The largest absolute Gasteiger partial charge is 0.508 e. The summed E-state index contributed by atoms with van der Waals surface area (Å²) in [6, 6.07) is 11.0. The van der Waals surface area contributed by atoms with Crippen LogP contribution in [0.4, 0.5) is 4.39 Å². The third kappa shape index (κ3) is 1.95. The summed E-state index contributed by atoms with van der Waals surface area (Å²) in [5.74, 6) is -0.577. The van der Waals surface area contributed by atoms with Gasteiger partial charge in [0.15, 0.2) is 0 Å². The van der Waals surface area contributed by atoms with E-state index in [2.05, 4.69) is 0 Å². The lowest BCUT2D eigenvalue weighted by Gasteiger charge is -2.05. The lowest BCUT2D eigenvalue weighted by molar-refractivity contribution is 0.469. The number of aromatic hydroxyl groups is 1. The summed E-state index contributed by atoms with van der Waals surface area (Å²) in [4.78, 5) is 0. The number of hydrogen-bond acceptors (Lipinski definition) is 1. The van der Waals surface area contributed by atoms with Crippen LogP contribution >= 0.6 is 11.6 Å². The van der Waals surface area contributed by atoms with Gasteiger partial charge in [-0.1, -0.05) is 29.8 Å². The zero-order chi connectivity index (χ0) is 10.8. The van der Waals surface area contributed by atoms with E-state index in [-0.39, 0.29) is 5.75 Å². The van der Waals surface area contributed by atoms with Crippen LogP contribution in [0.25, 0.3) is 11.1 Å². The molecule has 2 rings (SSSR count). The van der Waals surface area contributed by atoms with Gasteiger partial charge in [-0.15, -0.1) is 0 Å². The van der Waals surface area contributed by atoms with E-state index in [4.69, 9.17) is 16.7 Å².